The van der Waals surface area contributed by atoms with Crippen molar-refractivity contribution in [2.75, 3.05) is 52.6 Å². The highest BCUT2D eigenvalue weighted by molar-refractivity contribution is 5.77. The van der Waals surface area contributed by atoms with Gasteiger partial charge in [-0.25, -0.2) is 0 Å². The van der Waals surface area contributed by atoms with Crippen LogP contribution in [-0.4, -0.2) is 73.4 Å². The van der Waals surface area contributed by atoms with Crippen molar-refractivity contribution in [2.45, 2.75) is 32.7 Å². The fraction of sp³-hybridized carbons (Fsp3) is 0.696. The second kappa shape index (κ2) is 9.02. The predicted molar refractivity (Wildman–Crippen MR) is 111 cm³/mol. The Morgan fingerprint density at radius 3 is 2.69 bits per heavy atom. The molecule has 0 aromatic heterocycles. The zero-order valence-electron chi connectivity index (χ0n) is 17.5. The highest BCUT2D eigenvalue weighted by atomic mass is 16.5. The van der Waals surface area contributed by atoms with Gasteiger partial charge in [-0.2, -0.15) is 0 Å². The summed E-state index contributed by atoms with van der Waals surface area (Å²) in [5.41, 5.74) is 1.13. The minimum absolute atomic E-state index is 0.0807. The maximum absolute atomic E-state index is 12.3. The van der Waals surface area contributed by atoms with Gasteiger partial charge in [0, 0.05) is 44.7 Å². The summed E-state index contributed by atoms with van der Waals surface area (Å²) in [4.78, 5) is 16.7. The maximum Gasteiger partial charge on any atom is 0.260 e. The lowest BCUT2D eigenvalue weighted by molar-refractivity contribution is -0.134. The van der Waals surface area contributed by atoms with Gasteiger partial charge in [0.1, 0.15) is 5.75 Å². The second-order valence-electron chi connectivity index (χ2n) is 9.22. The van der Waals surface area contributed by atoms with E-state index in [2.05, 4.69) is 24.0 Å². The molecule has 3 aliphatic rings. The summed E-state index contributed by atoms with van der Waals surface area (Å²) in [5, 5.41) is 9.93. The zero-order chi connectivity index (χ0) is 20.3. The largest absolute Gasteiger partial charge is 0.484 e. The van der Waals surface area contributed by atoms with Crippen LogP contribution in [0.3, 0.4) is 0 Å². The number of piperidine rings is 1. The first-order chi connectivity index (χ1) is 14.1. The molecule has 4 rings (SSSR count). The molecule has 0 bridgehead atoms. The molecule has 3 fully saturated rings. The number of benzene rings is 1. The minimum atomic E-state index is -0.0894. The second-order valence-corrected chi connectivity index (χ2v) is 9.22. The molecule has 6 nitrogen and oxygen atoms in total. The summed E-state index contributed by atoms with van der Waals surface area (Å²) in [5.74, 6) is 2.06. The van der Waals surface area contributed by atoms with Gasteiger partial charge < -0.3 is 19.5 Å². The molecule has 1 aromatic carbocycles. The summed E-state index contributed by atoms with van der Waals surface area (Å²) in [7, 11) is 0. The number of likely N-dealkylation sites (tertiary alicyclic amines) is 2. The molecule has 0 aliphatic carbocycles. The smallest absolute Gasteiger partial charge is 0.260 e. The highest BCUT2D eigenvalue weighted by Crippen LogP contribution is 2.41. The maximum atomic E-state index is 12.3. The van der Waals surface area contributed by atoms with Crippen LogP contribution in [0.2, 0.25) is 0 Å². The first-order valence-corrected chi connectivity index (χ1v) is 11.0. The van der Waals surface area contributed by atoms with Gasteiger partial charge in [-0.05, 0) is 48.8 Å². The van der Waals surface area contributed by atoms with Crippen LogP contribution < -0.4 is 4.74 Å². The molecule has 0 saturated carbocycles. The van der Waals surface area contributed by atoms with Gasteiger partial charge in [-0.15, -0.1) is 0 Å². The minimum Gasteiger partial charge on any atom is -0.484 e. The SMILES string of the molecule is CC1CCN(C(=O)COc2ccc(CN3C[C@@H]4CCOC[C@]4(CO)C3)cc2)CC1. The Morgan fingerprint density at radius 2 is 2.00 bits per heavy atom. The third-order valence-corrected chi connectivity index (χ3v) is 7.03. The average Bonchev–Trinajstić information content (AvgIpc) is 3.12. The number of aliphatic hydroxyl groups is 1. The number of nitrogens with zero attached hydrogens (tertiary/aromatic N) is 2. The summed E-state index contributed by atoms with van der Waals surface area (Å²) in [6, 6.07) is 8.06. The Kier molecular flexibility index (Phi) is 6.42. The molecule has 3 saturated heterocycles. The van der Waals surface area contributed by atoms with Crippen LogP contribution in [0.5, 0.6) is 5.75 Å². The van der Waals surface area contributed by atoms with Gasteiger partial charge in [-0.3, -0.25) is 9.69 Å². The normalized spacial score (nSPS) is 28.3. The lowest BCUT2D eigenvalue weighted by Gasteiger charge is -2.36. The number of rotatable bonds is 6. The molecule has 0 radical (unpaired) electrons. The van der Waals surface area contributed by atoms with Crippen molar-refractivity contribution in [3.05, 3.63) is 29.8 Å². The molecule has 1 N–H and O–H groups in total. The van der Waals surface area contributed by atoms with Gasteiger partial charge in [0.05, 0.1) is 13.2 Å². The summed E-state index contributed by atoms with van der Waals surface area (Å²) < 4.78 is 11.4. The molecule has 29 heavy (non-hydrogen) atoms. The average molecular weight is 403 g/mol. The van der Waals surface area contributed by atoms with E-state index >= 15 is 0 Å². The summed E-state index contributed by atoms with van der Waals surface area (Å²) >= 11 is 0. The van der Waals surface area contributed by atoms with Gasteiger partial charge in [-0.1, -0.05) is 19.1 Å². The van der Waals surface area contributed by atoms with E-state index in [1.165, 1.54) is 5.56 Å². The van der Waals surface area contributed by atoms with Crippen LogP contribution in [0.1, 0.15) is 31.7 Å². The molecule has 6 heteroatoms. The molecule has 1 aromatic rings. The van der Waals surface area contributed by atoms with Gasteiger partial charge in [0.2, 0.25) is 0 Å². The van der Waals surface area contributed by atoms with E-state index in [9.17, 15) is 9.90 Å². The Balaban J connectivity index is 1.26. The molecule has 0 unspecified atom stereocenters. The van der Waals surface area contributed by atoms with E-state index in [1.54, 1.807) is 0 Å². The molecular formula is C23H34N2O4. The molecule has 3 heterocycles. The first kappa shape index (κ1) is 20.6. The number of carbonyl (C=O) groups is 1. The monoisotopic (exact) mass is 402 g/mol. The van der Waals surface area contributed by atoms with Crippen molar-refractivity contribution >= 4 is 5.91 Å². The van der Waals surface area contributed by atoms with E-state index in [4.69, 9.17) is 9.47 Å². The third-order valence-electron chi connectivity index (χ3n) is 7.03. The number of ether oxygens (including phenoxy) is 2. The van der Waals surface area contributed by atoms with E-state index < -0.39 is 0 Å². The molecule has 160 valence electrons. The van der Waals surface area contributed by atoms with Crippen LogP contribution in [0, 0.1) is 17.3 Å². The van der Waals surface area contributed by atoms with E-state index in [0.29, 0.717) is 18.4 Å². The summed E-state index contributed by atoms with van der Waals surface area (Å²) in [6.45, 7) is 8.49. The number of amides is 1. The highest BCUT2D eigenvalue weighted by Gasteiger charge is 2.47. The van der Waals surface area contributed by atoms with Crippen LogP contribution in [0.15, 0.2) is 24.3 Å². The van der Waals surface area contributed by atoms with Crippen LogP contribution in [-0.2, 0) is 16.1 Å². The Morgan fingerprint density at radius 1 is 1.24 bits per heavy atom. The Bertz CT molecular complexity index is 687. The van der Waals surface area contributed by atoms with Crippen molar-refractivity contribution < 1.29 is 19.4 Å². The van der Waals surface area contributed by atoms with Crippen molar-refractivity contribution in [3.8, 4) is 5.75 Å². The molecular weight excluding hydrogens is 368 g/mol. The van der Waals surface area contributed by atoms with E-state index in [0.717, 1.165) is 64.3 Å². The van der Waals surface area contributed by atoms with E-state index in [-0.39, 0.29) is 24.5 Å². The molecule has 3 aliphatic heterocycles. The fourth-order valence-corrected chi connectivity index (χ4v) is 5.00. The quantitative estimate of drug-likeness (QED) is 0.790. The zero-order valence-corrected chi connectivity index (χ0v) is 17.5. The van der Waals surface area contributed by atoms with Crippen molar-refractivity contribution in [3.63, 3.8) is 0 Å². The van der Waals surface area contributed by atoms with Crippen molar-refractivity contribution in [2.24, 2.45) is 17.3 Å². The first-order valence-electron chi connectivity index (χ1n) is 11.0. The third kappa shape index (κ3) is 4.76. The standard InChI is InChI=1S/C23H34N2O4/c1-18-6-9-25(10-7-18)22(27)14-29-21-4-2-19(3-5-21)12-24-13-20-8-11-28-17-23(20,15-24)16-26/h2-5,18,20,26H,6-17H2,1H3/t20-,23+/m0/s1. The van der Waals surface area contributed by atoms with Crippen LogP contribution >= 0.6 is 0 Å². The Hall–Kier alpha value is -1.63. The summed E-state index contributed by atoms with van der Waals surface area (Å²) in [6.07, 6.45) is 3.21. The van der Waals surface area contributed by atoms with Gasteiger partial charge in [0.25, 0.3) is 5.91 Å². The molecule has 0 spiro atoms. The number of hydrogen-bond donors (Lipinski definition) is 1. The number of carbonyl (C=O) groups excluding carboxylic acids is 1. The lowest BCUT2D eigenvalue weighted by Crippen LogP contribution is -2.42. The Labute approximate surface area is 173 Å². The van der Waals surface area contributed by atoms with Crippen molar-refractivity contribution in [1.29, 1.82) is 0 Å². The topological polar surface area (TPSA) is 62.2 Å². The van der Waals surface area contributed by atoms with Crippen molar-refractivity contribution in [1.82, 2.24) is 9.80 Å². The predicted octanol–water partition coefficient (Wildman–Crippen LogP) is 2.15. The van der Waals surface area contributed by atoms with Gasteiger partial charge in [0.15, 0.2) is 6.61 Å². The fourth-order valence-electron chi connectivity index (χ4n) is 5.00. The number of hydrogen-bond acceptors (Lipinski definition) is 5. The van der Waals surface area contributed by atoms with Crippen LogP contribution in [0.25, 0.3) is 0 Å². The number of fused-ring (bicyclic) bond motifs is 1. The molecule has 2 atom stereocenters. The van der Waals surface area contributed by atoms with E-state index in [1.807, 2.05) is 17.0 Å². The molecule has 1 amide bonds. The van der Waals surface area contributed by atoms with Gasteiger partial charge >= 0.3 is 0 Å². The number of aliphatic hydroxyl groups excluding tert-OH is 1. The lowest BCUT2D eigenvalue weighted by atomic mass is 9.76. The van der Waals surface area contributed by atoms with Crippen LogP contribution in [0.4, 0.5) is 0 Å².